The molecule has 2 N–H and O–H groups in total. The number of benzene rings is 1. The van der Waals surface area contributed by atoms with Crippen molar-refractivity contribution >= 4 is 11.8 Å². The van der Waals surface area contributed by atoms with E-state index in [0.717, 1.165) is 62.2 Å². The maximum atomic E-state index is 13.4. The summed E-state index contributed by atoms with van der Waals surface area (Å²) in [5, 5.41) is 6.56. The van der Waals surface area contributed by atoms with Gasteiger partial charge in [0.25, 0.3) is 0 Å². The highest BCUT2D eigenvalue weighted by atomic mass is 19.1. The summed E-state index contributed by atoms with van der Waals surface area (Å²) in [6.45, 7) is 13.3. The lowest BCUT2D eigenvalue weighted by atomic mass is 10.1. The van der Waals surface area contributed by atoms with E-state index in [1.165, 1.54) is 6.07 Å². The first-order chi connectivity index (χ1) is 14.6. The van der Waals surface area contributed by atoms with Crippen LogP contribution >= 0.6 is 0 Å². The smallest absolute Gasteiger partial charge is 0.191 e. The molecule has 3 rings (SSSR count). The van der Waals surface area contributed by atoms with Crippen molar-refractivity contribution in [1.82, 2.24) is 20.5 Å². The van der Waals surface area contributed by atoms with E-state index in [1.54, 1.807) is 13.0 Å². The lowest BCUT2D eigenvalue weighted by Gasteiger charge is -2.34. The second-order valence-electron chi connectivity index (χ2n) is 7.58. The molecule has 1 aromatic carbocycles. The molecule has 1 fully saturated rings. The topological polar surface area (TPSA) is 55.8 Å². The first-order valence-electron chi connectivity index (χ1n) is 10.8. The first kappa shape index (κ1) is 22.0. The molecule has 0 radical (unpaired) electrons. The molecule has 0 saturated carbocycles. The molecule has 1 aliphatic rings. The number of pyridine rings is 1. The molecule has 30 heavy (non-hydrogen) atoms. The molecule has 6 nitrogen and oxygen atoms in total. The summed E-state index contributed by atoms with van der Waals surface area (Å²) < 4.78 is 13.4. The molecule has 7 heteroatoms. The second-order valence-corrected chi connectivity index (χ2v) is 7.58. The number of guanidine groups is 1. The zero-order chi connectivity index (χ0) is 21.3. The molecule has 0 unspecified atom stereocenters. The van der Waals surface area contributed by atoms with Crippen LogP contribution in [0, 0.1) is 12.7 Å². The van der Waals surface area contributed by atoms with Crippen LogP contribution in [0.4, 0.5) is 10.2 Å². The Bertz CT molecular complexity index is 828. The van der Waals surface area contributed by atoms with Crippen LogP contribution in [-0.4, -0.2) is 55.1 Å². The number of aliphatic imine (C=N–C) groups is 1. The van der Waals surface area contributed by atoms with Crippen LogP contribution < -0.4 is 15.5 Å². The van der Waals surface area contributed by atoms with E-state index < -0.39 is 0 Å². The van der Waals surface area contributed by atoms with Crippen molar-refractivity contribution in [3.63, 3.8) is 0 Å². The van der Waals surface area contributed by atoms with Crippen molar-refractivity contribution in [3.05, 3.63) is 59.0 Å². The number of halogens is 1. The Morgan fingerprint density at radius 2 is 1.83 bits per heavy atom. The van der Waals surface area contributed by atoms with Crippen LogP contribution in [0.5, 0.6) is 0 Å². The summed E-state index contributed by atoms with van der Waals surface area (Å²) in [7, 11) is 0. The van der Waals surface area contributed by atoms with Crippen LogP contribution in [0.2, 0.25) is 0 Å². The number of rotatable bonds is 7. The van der Waals surface area contributed by atoms with Gasteiger partial charge in [0.05, 0.1) is 6.54 Å². The van der Waals surface area contributed by atoms with Crippen molar-refractivity contribution in [3.8, 4) is 0 Å². The normalized spacial score (nSPS) is 15.3. The predicted octanol–water partition coefficient (Wildman–Crippen LogP) is 2.93. The Morgan fingerprint density at radius 1 is 1.07 bits per heavy atom. The molecule has 0 spiro atoms. The summed E-state index contributed by atoms with van der Waals surface area (Å²) in [4.78, 5) is 14.1. The minimum absolute atomic E-state index is 0.178. The maximum absolute atomic E-state index is 13.4. The lowest BCUT2D eigenvalue weighted by Crippen LogP contribution is -2.46. The van der Waals surface area contributed by atoms with Crippen molar-refractivity contribution in [2.45, 2.75) is 33.9 Å². The fourth-order valence-electron chi connectivity index (χ4n) is 3.51. The van der Waals surface area contributed by atoms with Gasteiger partial charge in [0.15, 0.2) is 5.96 Å². The molecule has 2 heterocycles. The Labute approximate surface area is 179 Å². The number of nitrogens with zero attached hydrogens (tertiary/aromatic N) is 4. The molecule has 2 aromatic rings. The Kier molecular flexibility index (Phi) is 8.02. The summed E-state index contributed by atoms with van der Waals surface area (Å²) in [6, 6.07) is 9.35. The van der Waals surface area contributed by atoms with Crippen molar-refractivity contribution < 1.29 is 4.39 Å². The van der Waals surface area contributed by atoms with Crippen LogP contribution in [0.25, 0.3) is 0 Å². The predicted molar refractivity (Wildman–Crippen MR) is 121 cm³/mol. The van der Waals surface area contributed by atoms with Gasteiger partial charge in [-0.1, -0.05) is 25.1 Å². The summed E-state index contributed by atoms with van der Waals surface area (Å²) in [5.41, 5.74) is 2.74. The van der Waals surface area contributed by atoms with E-state index in [4.69, 9.17) is 0 Å². The third kappa shape index (κ3) is 6.16. The Balaban J connectivity index is 1.55. The van der Waals surface area contributed by atoms with E-state index >= 15 is 0 Å². The zero-order valence-corrected chi connectivity index (χ0v) is 18.3. The van der Waals surface area contributed by atoms with Gasteiger partial charge in [-0.25, -0.2) is 14.4 Å². The van der Waals surface area contributed by atoms with Crippen molar-refractivity contribution in [2.24, 2.45) is 4.99 Å². The van der Waals surface area contributed by atoms with Gasteiger partial charge in [0.1, 0.15) is 11.6 Å². The average molecular weight is 413 g/mol. The number of nitrogens with one attached hydrogen (secondary N) is 2. The number of hydrogen-bond acceptors (Lipinski definition) is 4. The third-order valence-corrected chi connectivity index (χ3v) is 5.40. The Morgan fingerprint density at radius 3 is 2.47 bits per heavy atom. The molecular weight excluding hydrogens is 379 g/mol. The van der Waals surface area contributed by atoms with Crippen molar-refractivity contribution in [1.29, 1.82) is 0 Å². The lowest BCUT2D eigenvalue weighted by molar-refractivity contribution is 0.270. The zero-order valence-electron chi connectivity index (χ0n) is 18.3. The molecule has 0 bridgehead atoms. The minimum atomic E-state index is -0.178. The highest BCUT2D eigenvalue weighted by Crippen LogP contribution is 2.14. The van der Waals surface area contributed by atoms with Gasteiger partial charge in [-0.3, -0.25) is 0 Å². The number of anilines is 1. The molecule has 1 saturated heterocycles. The third-order valence-electron chi connectivity index (χ3n) is 5.40. The van der Waals surface area contributed by atoms with Gasteiger partial charge in [-0.15, -0.1) is 0 Å². The number of piperazine rings is 1. The monoisotopic (exact) mass is 412 g/mol. The number of aryl methyl sites for hydroxylation is 1. The van der Waals surface area contributed by atoms with E-state index in [9.17, 15) is 4.39 Å². The SMILES string of the molecule is CCNC(=NCc1ccc(N2CCN(CC)CC2)nc1)NCc1ccc(F)c(C)c1. The van der Waals surface area contributed by atoms with Gasteiger partial charge in [0.2, 0.25) is 0 Å². The molecule has 1 aromatic heterocycles. The number of hydrogen-bond donors (Lipinski definition) is 2. The maximum Gasteiger partial charge on any atom is 0.191 e. The molecule has 0 atom stereocenters. The molecule has 0 aliphatic carbocycles. The standard InChI is InChI=1S/C23H33FN6/c1-4-25-23(27-15-19-6-8-21(24)18(3)14-19)28-17-20-7-9-22(26-16-20)30-12-10-29(5-2)11-13-30/h6-9,14,16H,4-5,10-13,15,17H2,1-3H3,(H2,25,27,28). The van der Waals surface area contributed by atoms with Gasteiger partial charge < -0.3 is 20.4 Å². The van der Waals surface area contributed by atoms with Crippen LogP contribution in [-0.2, 0) is 13.1 Å². The van der Waals surface area contributed by atoms with Crippen LogP contribution in [0.3, 0.4) is 0 Å². The molecule has 1 aliphatic heterocycles. The largest absolute Gasteiger partial charge is 0.357 e. The molecule has 162 valence electrons. The highest BCUT2D eigenvalue weighted by molar-refractivity contribution is 5.79. The summed E-state index contributed by atoms with van der Waals surface area (Å²) in [5.74, 6) is 1.59. The van der Waals surface area contributed by atoms with E-state index in [2.05, 4.69) is 49.5 Å². The van der Waals surface area contributed by atoms with Gasteiger partial charge in [-0.05, 0) is 49.2 Å². The minimum Gasteiger partial charge on any atom is -0.357 e. The molecular formula is C23H33FN6. The summed E-state index contributed by atoms with van der Waals surface area (Å²) >= 11 is 0. The fraction of sp³-hybridized carbons (Fsp3) is 0.478. The molecule has 0 amide bonds. The first-order valence-corrected chi connectivity index (χ1v) is 10.8. The Hall–Kier alpha value is -2.67. The van der Waals surface area contributed by atoms with E-state index in [0.29, 0.717) is 18.7 Å². The van der Waals surface area contributed by atoms with E-state index in [1.807, 2.05) is 19.2 Å². The average Bonchev–Trinajstić information content (AvgIpc) is 2.78. The second kappa shape index (κ2) is 10.9. The fourth-order valence-corrected chi connectivity index (χ4v) is 3.51. The van der Waals surface area contributed by atoms with Crippen molar-refractivity contribution in [2.75, 3.05) is 44.2 Å². The summed E-state index contributed by atoms with van der Waals surface area (Å²) in [6.07, 6.45) is 1.91. The quantitative estimate of drug-likeness (QED) is 0.541. The van der Waals surface area contributed by atoms with Crippen LogP contribution in [0.15, 0.2) is 41.5 Å². The number of aromatic nitrogens is 1. The van der Waals surface area contributed by atoms with Gasteiger partial charge in [0, 0.05) is 45.5 Å². The van der Waals surface area contributed by atoms with E-state index in [-0.39, 0.29) is 5.82 Å². The van der Waals surface area contributed by atoms with Gasteiger partial charge in [-0.2, -0.15) is 0 Å². The number of likely N-dealkylation sites (N-methyl/N-ethyl adjacent to an activating group) is 1. The highest BCUT2D eigenvalue weighted by Gasteiger charge is 2.16. The van der Waals surface area contributed by atoms with Gasteiger partial charge >= 0.3 is 0 Å². The van der Waals surface area contributed by atoms with Crippen LogP contribution in [0.1, 0.15) is 30.5 Å².